The Morgan fingerprint density at radius 1 is 1.24 bits per heavy atom. The van der Waals surface area contributed by atoms with Crippen LogP contribution in [0.25, 0.3) is 5.65 Å². The van der Waals surface area contributed by atoms with Crippen LogP contribution in [0.1, 0.15) is 38.3 Å². The van der Waals surface area contributed by atoms with Crippen LogP contribution < -0.4 is 11.1 Å². The number of hydrogen-bond acceptors (Lipinski definition) is 10. The minimum absolute atomic E-state index is 0.162. The van der Waals surface area contributed by atoms with Crippen molar-refractivity contribution < 1.29 is 14.3 Å². The molecule has 0 saturated carbocycles. The second-order valence-electron chi connectivity index (χ2n) is 7.06. The fourth-order valence-corrected chi connectivity index (χ4v) is 4.47. The van der Waals surface area contributed by atoms with Gasteiger partial charge in [-0.2, -0.15) is 0 Å². The summed E-state index contributed by atoms with van der Waals surface area (Å²) in [4.78, 5) is 34.4. The predicted molar refractivity (Wildman–Crippen MR) is 131 cm³/mol. The molecule has 34 heavy (non-hydrogen) atoms. The number of anilines is 2. The summed E-state index contributed by atoms with van der Waals surface area (Å²) >= 11 is 6.25. The highest BCUT2D eigenvalue weighted by atomic mass is 32.1. The first kappa shape index (κ1) is 23.2. The lowest BCUT2D eigenvalue weighted by molar-refractivity contribution is 0.0527. The summed E-state index contributed by atoms with van der Waals surface area (Å²) in [6, 6.07) is 9.00. The largest absolute Gasteiger partial charge is 0.462 e. The van der Waals surface area contributed by atoms with Gasteiger partial charge >= 0.3 is 5.97 Å². The molecule has 0 bridgehead atoms. The van der Waals surface area contributed by atoms with E-state index in [4.69, 9.17) is 22.7 Å². The molecule has 3 aromatic heterocycles. The molecule has 0 atom stereocenters. The highest BCUT2D eigenvalue weighted by molar-refractivity contribution is 7.71. The number of ether oxygens (including phenoxy) is 1. The summed E-state index contributed by atoms with van der Waals surface area (Å²) in [6.07, 6.45) is 0. The molecule has 3 heterocycles. The number of aromatic amines is 1. The van der Waals surface area contributed by atoms with Gasteiger partial charge in [-0.3, -0.25) is 9.89 Å². The van der Waals surface area contributed by atoms with Gasteiger partial charge in [-0.1, -0.05) is 18.2 Å². The summed E-state index contributed by atoms with van der Waals surface area (Å²) in [7, 11) is 0. The number of para-hydroxylation sites is 1. The summed E-state index contributed by atoms with van der Waals surface area (Å²) < 4.78 is 6.83. The van der Waals surface area contributed by atoms with Crippen LogP contribution in [0.4, 0.5) is 22.2 Å². The van der Waals surface area contributed by atoms with Gasteiger partial charge in [-0.15, -0.1) is 21.6 Å². The number of aromatic nitrogens is 4. The van der Waals surface area contributed by atoms with E-state index in [1.807, 2.05) is 18.2 Å². The number of fused-ring (bicyclic) bond motifs is 1. The van der Waals surface area contributed by atoms with Crippen molar-refractivity contribution in [3.63, 3.8) is 0 Å². The number of benzene rings is 1. The second-order valence-corrected chi connectivity index (χ2v) is 8.43. The number of nitrogens with two attached hydrogens (primary N) is 1. The molecular weight excluding hydrogens is 476 g/mol. The number of carbonyl (C=O) groups is 2. The van der Waals surface area contributed by atoms with Gasteiger partial charge in [-0.05, 0) is 50.7 Å². The molecule has 0 fully saturated rings. The van der Waals surface area contributed by atoms with Gasteiger partial charge in [-0.25, -0.2) is 19.3 Å². The van der Waals surface area contributed by atoms with Crippen LogP contribution in [-0.2, 0) is 4.74 Å². The van der Waals surface area contributed by atoms with Crippen molar-refractivity contribution in [3.8, 4) is 0 Å². The highest BCUT2D eigenvalue weighted by Gasteiger charge is 2.26. The lowest BCUT2D eigenvalue weighted by atomic mass is 10.1. The lowest BCUT2D eigenvalue weighted by Gasteiger charge is -2.05. The molecule has 0 saturated heterocycles. The van der Waals surface area contributed by atoms with Crippen molar-refractivity contribution in [1.82, 2.24) is 19.6 Å². The quantitative estimate of drug-likeness (QED) is 0.195. The number of amides is 1. The van der Waals surface area contributed by atoms with Crippen molar-refractivity contribution in [3.05, 3.63) is 56.9 Å². The fraction of sp³-hybridized carbons (Fsp3) is 0.190. The van der Waals surface area contributed by atoms with E-state index in [9.17, 15) is 9.59 Å². The van der Waals surface area contributed by atoms with E-state index in [1.165, 1.54) is 4.52 Å². The number of aryl methyl sites for hydroxylation is 1. The molecule has 1 amide bonds. The number of carbonyl (C=O) groups excluding carboxylic acids is 2. The highest BCUT2D eigenvalue weighted by Crippen LogP contribution is 2.38. The third-order valence-electron chi connectivity index (χ3n) is 4.71. The molecule has 174 valence electrons. The van der Waals surface area contributed by atoms with E-state index >= 15 is 0 Å². The Balaban J connectivity index is 1.77. The first-order chi connectivity index (χ1) is 16.3. The third kappa shape index (κ3) is 4.43. The average Bonchev–Trinajstić information content (AvgIpc) is 3.29. The number of thiophene rings is 1. The average molecular weight is 497 g/mol. The number of nitrogens with one attached hydrogen (secondary N) is 2. The summed E-state index contributed by atoms with van der Waals surface area (Å²) in [6.45, 7) is 5.22. The van der Waals surface area contributed by atoms with Crippen LogP contribution in [0, 0.1) is 18.6 Å². The van der Waals surface area contributed by atoms with Crippen molar-refractivity contribution >= 4 is 63.3 Å². The van der Waals surface area contributed by atoms with E-state index in [2.05, 4.69) is 30.6 Å². The lowest BCUT2D eigenvalue weighted by Crippen LogP contribution is -2.12. The van der Waals surface area contributed by atoms with Crippen molar-refractivity contribution in [2.24, 2.45) is 10.2 Å². The molecular formula is C21H20N8O3S2. The number of nitrogen functional groups attached to an aromatic ring is 1. The Labute approximate surface area is 202 Å². The minimum atomic E-state index is -0.601. The predicted octanol–water partition coefficient (Wildman–Crippen LogP) is 4.89. The van der Waals surface area contributed by atoms with E-state index in [-0.39, 0.29) is 39.4 Å². The zero-order valence-corrected chi connectivity index (χ0v) is 20.1. The van der Waals surface area contributed by atoms with E-state index in [1.54, 1.807) is 32.9 Å². The van der Waals surface area contributed by atoms with Gasteiger partial charge in [0.25, 0.3) is 5.91 Å². The third-order valence-corrected chi connectivity index (χ3v) is 6.16. The Morgan fingerprint density at radius 3 is 2.68 bits per heavy atom. The molecule has 4 rings (SSSR count). The maximum atomic E-state index is 12.9. The summed E-state index contributed by atoms with van der Waals surface area (Å²) in [5.74, 6) is -0.361. The van der Waals surface area contributed by atoms with Gasteiger partial charge in [0.15, 0.2) is 16.3 Å². The normalized spacial score (nSPS) is 11.3. The van der Waals surface area contributed by atoms with Crippen molar-refractivity contribution in [2.75, 3.05) is 17.7 Å². The van der Waals surface area contributed by atoms with Gasteiger partial charge in [0.2, 0.25) is 4.77 Å². The van der Waals surface area contributed by atoms with Gasteiger partial charge in [0.05, 0.1) is 11.5 Å². The first-order valence-electron chi connectivity index (χ1n) is 10.1. The van der Waals surface area contributed by atoms with Crippen LogP contribution in [0.3, 0.4) is 0 Å². The number of rotatable bonds is 6. The Hall–Kier alpha value is -3.97. The molecule has 13 heteroatoms. The van der Waals surface area contributed by atoms with Crippen LogP contribution >= 0.6 is 23.6 Å². The number of H-pyrrole nitrogens is 1. The number of hydrogen-bond donors (Lipinski definition) is 3. The number of nitrogens with zero attached hydrogens (tertiary/aromatic N) is 5. The molecule has 0 aliphatic carbocycles. The van der Waals surface area contributed by atoms with Crippen LogP contribution in [0.2, 0.25) is 0 Å². The van der Waals surface area contributed by atoms with Gasteiger partial charge < -0.3 is 15.8 Å². The molecule has 11 nitrogen and oxygen atoms in total. The SMILES string of the molecule is CCOC(=O)c1c(N=Nc2c(N)[nH]n3c(=S)nc(C)nc23)sc(C(=O)Nc2ccccc2)c1C. The maximum Gasteiger partial charge on any atom is 0.341 e. The first-order valence-corrected chi connectivity index (χ1v) is 11.4. The molecule has 4 aromatic rings. The molecule has 0 radical (unpaired) electrons. The van der Waals surface area contributed by atoms with Crippen LogP contribution in [0.15, 0.2) is 40.6 Å². The van der Waals surface area contributed by atoms with Crippen molar-refractivity contribution in [2.45, 2.75) is 20.8 Å². The zero-order valence-electron chi connectivity index (χ0n) is 18.4. The number of esters is 1. The molecule has 4 N–H and O–H groups in total. The molecule has 0 aliphatic heterocycles. The van der Waals surface area contributed by atoms with Gasteiger partial charge in [0, 0.05) is 5.69 Å². The monoisotopic (exact) mass is 496 g/mol. The minimum Gasteiger partial charge on any atom is -0.462 e. The number of azo groups is 1. The van der Waals surface area contributed by atoms with E-state index in [0.29, 0.717) is 27.6 Å². The van der Waals surface area contributed by atoms with Crippen LogP contribution in [-0.4, -0.2) is 38.1 Å². The molecule has 0 unspecified atom stereocenters. The Morgan fingerprint density at radius 2 is 1.97 bits per heavy atom. The zero-order chi connectivity index (χ0) is 24.4. The standard InChI is InChI=1S/C21H20N8O3S2/c1-4-32-20(31)13-10(2)15(18(30)25-12-8-6-5-7-9-12)34-19(13)27-26-14-16(22)28-29-17(14)23-11(3)24-21(29)33/h5-9,28H,4,22H2,1-3H3,(H,25,30). The second kappa shape index (κ2) is 9.49. The molecule has 1 aromatic carbocycles. The van der Waals surface area contributed by atoms with Crippen LogP contribution in [0.5, 0.6) is 0 Å². The van der Waals surface area contributed by atoms with E-state index in [0.717, 1.165) is 11.3 Å². The Bertz CT molecular complexity index is 1490. The van der Waals surface area contributed by atoms with Gasteiger partial charge in [0.1, 0.15) is 17.2 Å². The van der Waals surface area contributed by atoms with E-state index < -0.39 is 5.97 Å². The molecule has 0 spiro atoms. The smallest absolute Gasteiger partial charge is 0.341 e. The van der Waals surface area contributed by atoms with Crippen molar-refractivity contribution in [1.29, 1.82) is 0 Å². The summed E-state index contributed by atoms with van der Waals surface area (Å²) in [5, 5.41) is 14.3. The topological polar surface area (TPSA) is 152 Å². The molecule has 0 aliphatic rings. The summed E-state index contributed by atoms with van der Waals surface area (Å²) in [5.41, 5.74) is 7.85. The Kier molecular flexibility index (Phi) is 6.47. The fourth-order valence-electron chi connectivity index (χ4n) is 3.19. The maximum absolute atomic E-state index is 12.9.